The van der Waals surface area contributed by atoms with Gasteiger partial charge in [-0.05, 0) is 0 Å². The molecular weight excluding hydrogens is 751 g/mol. The Balaban J connectivity index is 2.61. The Hall–Kier alpha value is -4.05. The molecule has 0 aliphatic carbocycles. The standard InChI is InChI=1S/C24HBF19O.2C2H5.Al/c26-5-1(6(27)14(35)19(40)13(5)34)25(2-7(28)15(36)20(41)16(37)8(2)29,3-9(30)17(38)21(42)18(39)10(3)31)4-11(32)22(43)24(45)23(44)12(4)33;2*1-2;/h45H;2*1H2,2H3;/q-1;;;+1/p-1. The van der Waals surface area contributed by atoms with E-state index in [9.17, 15) is 39.5 Å². The molecule has 0 saturated heterocycles. The van der Waals surface area contributed by atoms with Gasteiger partial charge in [0, 0.05) is 0 Å². The summed E-state index contributed by atoms with van der Waals surface area (Å²) in [5.41, 5.74) is -13.8. The minimum absolute atomic E-state index is 0.0894. The van der Waals surface area contributed by atoms with E-state index in [2.05, 4.69) is 0 Å². The molecule has 0 aromatic heterocycles. The summed E-state index contributed by atoms with van der Waals surface area (Å²) in [6.07, 6.45) is -7.13. The second-order valence-electron chi connectivity index (χ2n) is 10.4. The van der Waals surface area contributed by atoms with Crippen LogP contribution in [-0.4, -0.2) is 20.6 Å². The molecule has 4 aromatic carbocycles. The summed E-state index contributed by atoms with van der Waals surface area (Å²) in [7, 11) is 0. The van der Waals surface area contributed by atoms with Crippen molar-refractivity contribution in [1.29, 1.82) is 0 Å². The van der Waals surface area contributed by atoms with Crippen molar-refractivity contribution in [3.05, 3.63) is 111 Å². The van der Waals surface area contributed by atoms with E-state index in [1.54, 1.807) is 0 Å². The van der Waals surface area contributed by atoms with Crippen molar-refractivity contribution in [2.75, 3.05) is 0 Å². The van der Waals surface area contributed by atoms with Gasteiger partial charge >= 0.3 is 14.5 Å². The maximum absolute atomic E-state index is 16.2. The van der Waals surface area contributed by atoms with Gasteiger partial charge in [0.2, 0.25) is 0 Å². The molecule has 0 aliphatic heterocycles. The minimum atomic E-state index is -7.13. The third-order valence-electron chi connectivity index (χ3n) is 7.92. The zero-order valence-electron chi connectivity index (χ0n) is 24.2. The number of benzene rings is 4. The topological polar surface area (TPSA) is 9.23 Å². The van der Waals surface area contributed by atoms with Gasteiger partial charge < -0.3 is 3.79 Å². The highest BCUT2D eigenvalue weighted by Crippen LogP contribution is 2.33. The van der Waals surface area contributed by atoms with Gasteiger partial charge in [-0.1, -0.05) is 24.4 Å². The molecule has 0 heterocycles. The van der Waals surface area contributed by atoms with Gasteiger partial charge in [-0.15, -0.1) is 21.9 Å². The molecule has 50 heavy (non-hydrogen) atoms. The SMILES string of the molecule is C[CH2][Al]([CH2]C)[O]c1c(F)c(F)c([B-](c2c(F)c(F)c(F)c(F)c2F)(c2c(F)c(F)c(F)c(F)c2F)c2c(F)c(F)c(F)c(F)c2F)c(F)c1F. The maximum Gasteiger partial charge on any atom is 0.546 e. The molecule has 0 unspecified atom stereocenters. The minimum Gasteiger partial charge on any atom is -0.638 e. The molecule has 0 bridgehead atoms. The summed E-state index contributed by atoms with van der Waals surface area (Å²) in [6.45, 7) is 2.64. The Bertz CT molecular complexity index is 1800. The van der Waals surface area contributed by atoms with Crippen molar-refractivity contribution < 1.29 is 87.2 Å². The second-order valence-corrected chi connectivity index (χ2v) is 13.5. The Labute approximate surface area is 270 Å². The number of hydrogen-bond acceptors (Lipinski definition) is 1. The summed E-state index contributed by atoms with van der Waals surface area (Å²) in [6, 6.07) is 0. The maximum atomic E-state index is 16.2. The van der Waals surface area contributed by atoms with Crippen LogP contribution in [0.15, 0.2) is 0 Å². The van der Waals surface area contributed by atoms with Crippen molar-refractivity contribution in [2.45, 2.75) is 24.4 Å². The molecule has 268 valence electrons. The highest BCUT2D eigenvalue weighted by atomic mass is 27.2. The van der Waals surface area contributed by atoms with Crippen LogP contribution in [0.1, 0.15) is 13.8 Å². The predicted octanol–water partition coefficient (Wildman–Crippen LogP) is 7.12. The zero-order chi connectivity index (χ0) is 38.1. The second kappa shape index (κ2) is 13.6. The van der Waals surface area contributed by atoms with E-state index < -0.39 is 159 Å². The molecule has 4 aromatic rings. The third-order valence-corrected chi connectivity index (χ3v) is 10.3. The normalized spacial score (nSPS) is 11.9. The Morgan fingerprint density at radius 1 is 0.320 bits per heavy atom. The van der Waals surface area contributed by atoms with Crippen LogP contribution < -0.4 is 25.6 Å². The van der Waals surface area contributed by atoms with Crippen molar-refractivity contribution in [2.24, 2.45) is 0 Å². The Kier molecular flexibility index (Phi) is 10.5. The van der Waals surface area contributed by atoms with Crippen molar-refractivity contribution in [3.63, 3.8) is 0 Å². The first-order chi connectivity index (χ1) is 23.2. The molecule has 0 saturated carbocycles. The first-order valence-corrected chi connectivity index (χ1v) is 15.5. The highest BCUT2D eigenvalue weighted by molar-refractivity contribution is 7.20. The monoisotopic (exact) mass is 761 g/mol. The number of halogens is 19. The molecule has 0 amide bonds. The average Bonchev–Trinajstić information content (AvgIpc) is 3.09. The first-order valence-electron chi connectivity index (χ1n) is 13.4. The summed E-state index contributed by atoms with van der Waals surface area (Å²) in [4.78, 5) is 0. The van der Waals surface area contributed by atoms with Gasteiger partial charge in [-0.25, -0.2) is 74.6 Å². The smallest absolute Gasteiger partial charge is 0.546 e. The molecule has 1 nitrogen and oxygen atoms in total. The Morgan fingerprint density at radius 2 is 0.500 bits per heavy atom. The van der Waals surface area contributed by atoms with Crippen LogP contribution in [0.2, 0.25) is 10.6 Å². The van der Waals surface area contributed by atoms with Crippen LogP contribution in [0.4, 0.5) is 83.4 Å². The fourth-order valence-electron chi connectivity index (χ4n) is 5.61. The van der Waals surface area contributed by atoms with Gasteiger partial charge in [0.25, 0.3) is 0 Å². The summed E-state index contributed by atoms with van der Waals surface area (Å²) in [5.74, 6) is -67.5. The van der Waals surface area contributed by atoms with Gasteiger partial charge in [0.1, 0.15) is 52.7 Å². The largest absolute Gasteiger partial charge is 0.638 e. The number of hydrogen-bond donors (Lipinski definition) is 0. The molecule has 0 N–H and O–H groups in total. The van der Waals surface area contributed by atoms with E-state index in [0.29, 0.717) is 0 Å². The fourth-order valence-corrected chi connectivity index (χ4v) is 7.06. The van der Waals surface area contributed by atoms with Gasteiger partial charge in [0.15, 0.2) is 69.7 Å². The molecule has 0 spiro atoms. The van der Waals surface area contributed by atoms with Crippen LogP contribution >= 0.6 is 0 Å². The van der Waals surface area contributed by atoms with Crippen molar-refractivity contribution >= 4 is 42.5 Å². The van der Waals surface area contributed by atoms with Crippen LogP contribution in [0.25, 0.3) is 0 Å². The van der Waals surface area contributed by atoms with Gasteiger partial charge in [-0.2, -0.15) is 8.78 Å². The zero-order valence-corrected chi connectivity index (χ0v) is 25.3. The van der Waals surface area contributed by atoms with Crippen LogP contribution in [0.5, 0.6) is 5.75 Å². The van der Waals surface area contributed by atoms with Crippen molar-refractivity contribution in [1.82, 2.24) is 0 Å². The summed E-state index contributed by atoms with van der Waals surface area (Å²) < 4.78 is 293. The van der Waals surface area contributed by atoms with E-state index in [4.69, 9.17) is 3.79 Å². The van der Waals surface area contributed by atoms with E-state index in [-0.39, 0.29) is 10.6 Å². The van der Waals surface area contributed by atoms with Gasteiger partial charge in [0.05, 0.1) is 0 Å². The molecule has 0 aliphatic rings. The predicted molar refractivity (Wildman–Crippen MR) is 137 cm³/mol. The molecule has 22 heteroatoms. The fraction of sp³-hybridized carbons (Fsp3) is 0.143. The lowest BCUT2D eigenvalue weighted by Gasteiger charge is -2.45. The van der Waals surface area contributed by atoms with Crippen LogP contribution in [0.3, 0.4) is 0 Å². The molecule has 0 atom stereocenters. The lowest BCUT2D eigenvalue weighted by atomic mass is 9.12. The van der Waals surface area contributed by atoms with E-state index >= 15 is 43.9 Å². The quantitative estimate of drug-likeness (QED) is 0.0806. The molecule has 0 radical (unpaired) electrons. The highest BCUT2D eigenvalue weighted by Gasteiger charge is 2.52. The molecular formula is C28H10AlBF19O-. The van der Waals surface area contributed by atoms with Crippen LogP contribution in [0, 0.1) is 111 Å². The number of rotatable bonds is 8. The summed E-state index contributed by atoms with van der Waals surface area (Å²) in [5, 5.41) is -0.179. The van der Waals surface area contributed by atoms with E-state index in [1.165, 1.54) is 13.8 Å². The summed E-state index contributed by atoms with van der Waals surface area (Å²) >= 11 is -2.95. The Morgan fingerprint density at radius 3 is 0.700 bits per heavy atom. The molecule has 0 fully saturated rings. The van der Waals surface area contributed by atoms with E-state index in [1.807, 2.05) is 0 Å². The molecule has 4 rings (SSSR count). The van der Waals surface area contributed by atoms with Gasteiger partial charge in [-0.3, -0.25) is 0 Å². The third kappa shape index (κ3) is 5.28. The van der Waals surface area contributed by atoms with Crippen LogP contribution in [-0.2, 0) is 0 Å². The van der Waals surface area contributed by atoms with E-state index in [0.717, 1.165) is 0 Å². The first kappa shape index (κ1) is 38.7. The lowest BCUT2D eigenvalue weighted by Crippen LogP contribution is -2.81. The lowest BCUT2D eigenvalue weighted by molar-refractivity contribution is 0.379. The van der Waals surface area contributed by atoms with Crippen molar-refractivity contribution in [3.8, 4) is 5.75 Å². The average molecular weight is 761 g/mol.